The fourth-order valence-corrected chi connectivity index (χ4v) is 2.36. The lowest BCUT2D eigenvalue weighted by Crippen LogP contribution is -2.27. The van der Waals surface area contributed by atoms with Gasteiger partial charge in [-0.3, -0.25) is 0 Å². The molecule has 0 fully saturated rings. The standard InChI is InChI=1S/C15H33BO/c1-4-6-8-10-12-14-15(3,17-16)13-11-9-7-5-2/h4-14,16H2,1-3H3. The molecule has 0 aromatic rings. The highest BCUT2D eigenvalue weighted by atomic mass is 16.4. The molecular formula is C15H33BO. The van der Waals surface area contributed by atoms with Gasteiger partial charge in [0.15, 0.2) is 0 Å². The fourth-order valence-electron chi connectivity index (χ4n) is 2.36. The molecule has 102 valence electrons. The van der Waals surface area contributed by atoms with Gasteiger partial charge in [-0.05, 0) is 19.8 Å². The van der Waals surface area contributed by atoms with Gasteiger partial charge in [0, 0.05) is 5.60 Å². The second-order valence-corrected chi connectivity index (χ2v) is 5.63. The van der Waals surface area contributed by atoms with E-state index in [4.69, 9.17) is 4.65 Å². The highest BCUT2D eigenvalue weighted by Crippen LogP contribution is 2.25. The van der Waals surface area contributed by atoms with Crippen molar-refractivity contribution in [2.24, 2.45) is 0 Å². The molecule has 0 heterocycles. The summed E-state index contributed by atoms with van der Waals surface area (Å²) in [6.07, 6.45) is 14.7. The van der Waals surface area contributed by atoms with E-state index in [2.05, 4.69) is 20.8 Å². The van der Waals surface area contributed by atoms with Crippen molar-refractivity contribution in [1.82, 2.24) is 0 Å². The zero-order valence-corrected chi connectivity index (χ0v) is 12.7. The molecule has 1 unspecified atom stereocenters. The van der Waals surface area contributed by atoms with E-state index in [1.807, 2.05) is 8.05 Å². The Morgan fingerprint density at radius 3 is 1.59 bits per heavy atom. The van der Waals surface area contributed by atoms with E-state index in [0.29, 0.717) is 0 Å². The molecule has 0 aliphatic heterocycles. The van der Waals surface area contributed by atoms with Crippen molar-refractivity contribution in [2.75, 3.05) is 0 Å². The fraction of sp³-hybridized carbons (Fsp3) is 1.00. The summed E-state index contributed by atoms with van der Waals surface area (Å²) in [5.74, 6) is 0. The Labute approximate surface area is 110 Å². The molecular weight excluding hydrogens is 207 g/mol. The zero-order valence-electron chi connectivity index (χ0n) is 12.7. The molecule has 0 aliphatic carbocycles. The van der Waals surface area contributed by atoms with Crippen LogP contribution in [0.4, 0.5) is 0 Å². The maximum Gasteiger partial charge on any atom is 0.258 e. The summed E-state index contributed by atoms with van der Waals surface area (Å²) >= 11 is 0. The van der Waals surface area contributed by atoms with Gasteiger partial charge >= 0.3 is 0 Å². The van der Waals surface area contributed by atoms with E-state index in [1.54, 1.807) is 0 Å². The van der Waals surface area contributed by atoms with E-state index < -0.39 is 0 Å². The van der Waals surface area contributed by atoms with Crippen LogP contribution in [0.15, 0.2) is 0 Å². The molecule has 0 saturated heterocycles. The summed E-state index contributed by atoms with van der Waals surface area (Å²) in [5.41, 5.74) is 0.139. The Bertz CT molecular complexity index is 161. The average Bonchev–Trinajstić information content (AvgIpc) is 2.34. The van der Waals surface area contributed by atoms with Gasteiger partial charge in [-0.1, -0.05) is 71.6 Å². The summed E-state index contributed by atoms with van der Waals surface area (Å²) in [5, 5.41) is 0. The SMILES string of the molecule is BOC(C)(CCCCCC)CCCCCCC. The maximum absolute atomic E-state index is 5.72. The third kappa shape index (κ3) is 9.70. The van der Waals surface area contributed by atoms with Crippen molar-refractivity contribution >= 4 is 8.05 Å². The summed E-state index contributed by atoms with van der Waals surface area (Å²) < 4.78 is 5.72. The quantitative estimate of drug-likeness (QED) is 0.356. The van der Waals surface area contributed by atoms with Crippen LogP contribution in [0.1, 0.15) is 91.4 Å². The van der Waals surface area contributed by atoms with Crippen molar-refractivity contribution < 1.29 is 4.65 Å². The van der Waals surface area contributed by atoms with Crippen LogP contribution in [0.2, 0.25) is 0 Å². The lowest BCUT2D eigenvalue weighted by Gasteiger charge is -2.29. The second kappa shape index (κ2) is 11.1. The van der Waals surface area contributed by atoms with Gasteiger partial charge in [-0.25, -0.2) is 0 Å². The largest absolute Gasteiger partial charge is 0.439 e. The van der Waals surface area contributed by atoms with Gasteiger partial charge in [0.1, 0.15) is 0 Å². The van der Waals surface area contributed by atoms with E-state index in [-0.39, 0.29) is 5.60 Å². The number of hydrogen-bond acceptors (Lipinski definition) is 1. The van der Waals surface area contributed by atoms with Crippen LogP contribution in [-0.2, 0) is 4.65 Å². The first-order chi connectivity index (χ1) is 8.18. The van der Waals surface area contributed by atoms with Crippen LogP contribution >= 0.6 is 0 Å². The van der Waals surface area contributed by atoms with Crippen molar-refractivity contribution in [1.29, 1.82) is 0 Å². The Morgan fingerprint density at radius 2 is 1.18 bits per heavy atom. The minimum absolute atomic E-state index is 0.139. The zero-order chi connectivity index (χ0) is 13.0. The van der Waals surface area contributed by atoms with E-state index in [1.165, 1.54) is 70.6 Å². The smallest absolute Gasteiger partial charge is 0.258 e. The molecule has 0 radical (unpaired) electrons. The number of rotatable bonds is 12. The van der Waals surface area contributed by atoms with Gasteiger partial charge < -0.3 is 4.65 Å². The Balaban J connectivity index is 3.61. The lowest BCUT2D eigenvalue weighted by molar-refractivity contribution is 0.0745. The van der Waals surface area contributed by atoms with Crippen LogP contribution in [0.5, 0.6) is 0 Å². The minimum Gasteiger partial charge on any atom is -0.439 e. The van der Waals surface area contributed by atoms with Crippen LogP contribution in [0.3, 0.4) is 0 Å². The molecule has 0 bridgehead atoms. The second-order valence-electron chi connectivity index (χ2n) is 5.63. The van der Waals surface area contributed by atoms with Gasteiger partial charge in [0.2, 0.25) is 0 Å². The Morgan fingerprint density at radius 1 is 0.765 bits per heavy atom. The monoisotopic (exact) mass is 240 g/mol. The molecule has 1 atom stereocenters. The van der Waals surface area contributed by atoms with E-state index in [9.17, 15) is 0 Å². The molecule has 2 heteroatoms. The van der Waals surface area contributed by atoms with Gasteiger partial charge in [-0.2, -0.15) is 0 Å². The Kier molecular flexibility index (Phi) is 11.2. The van der Waals surface area contributed by atoms with Crippen molar-refractivity contribution in [3.63, 3.8) is 0 Å². The minimum atomic E-state index is 0.139. The van der Waals surface area contributed by atoms with Gasteiger partial charge in [-0.15, -0.1) is 0 Å². The van der Waals surface area contributed by atoms with Gasteiger partial charge in [0.05, 0.1) is 0 Å². The maximum atomic E-state index is 5.72. The predicted molar refractivity (Wildman–Crippen MR) is 80.2 cm³/mol. The molecule has 0 saturated carbocycles. The first-order valence-corrected chi connectivity index (χ1v) is 7.73. The first-order valence-electron chi connectivity index (χ1n) is 7.73. The van der Waals surface area contributed by atoms with Crippen LogP contribution in [0.25, 0.3) is 0 Å². The number of unbranched alkanes of at least 4 members (excludes halogenated alkanes) is 7. The van der Waals surface area contributed by atoms with Crippen molar-refractivity contribution in [3.8, 4) is 0 Å². The molecule has 0 rings (SSSR count). The molecule has 0 amide bonds. The first kappa shape index (κ1) is 17.0. The molecule has 0 spiro atoms. The highest BCUT2D eigenvalue weighted by Gasteiger charge is 2.21. The van der Waals surface area contributed by atoms with Crippen molar-refractivity contribution in [2.45, 2.75) is 97.0 Å². The normalized spacial score (nSPS) is 14.8. The van der Waals surface area contributed by atoms with Gasteiger partial charge in [0.25, 0.3) is 8.05 Å². The topological polar surface area (TPSA) is 9.23 Å². The van der Waals surface area contributed by atoms with E-state index in [0.717, 1.165) is 0 Å². The molecule has 0 aliphatic rings. The Hall–Kier alpha value is 0.0249. The van der Waals surface area contributed by atoms with Crippen molar-refractivity contribution in [3.05, 3.63) is 0 Å². The van der Waals surface area contributed by atoms with Crippen LogP contribution < -0.4 is 0 Å². The third-order valence-corrected chi connectivity index (χ3v) is 3.86. The van der Waals surface area contributed by atoms with Crippen LogP contribution in [-0.4, -0.2) is 13.7 Å². The highest BCUT2D eigenvalue weighted by molar-refractivity contribution is 5.98. The molecule has 0 aromatic heterocycles. The van der Waals surface area contributed by atoms with Crippen LogP contribution in [0, 0.1) is 0 Å². The summed E-state index contributed by atoms with van der Waals surface area (Å²) in [4.78, 5) is 0. The van der Waals surface area contributed by atoms with E-state index >= 15 is 0 Å². The predicted octanol–water partition coefficient (Wildman–Crippen LogP) is 4.64. The summed E-state index contributed by atoms with van der Waals surface area (Å²) in [6, 6.07) is 0. The average molecular weight is 240 g/mol. The molecule has 0 N–H and O–H groups in total. The molecule has 1 nitrogen and oxygen atoms in total. The summed E-state index contributed by atoms with van der Waals surface area (Å²) in [6.45, 7) is 6.83. The summed E-state index contributed by atoms with van der Waals surface area (Å²) in [7, 11) is 1.88. The number of hydrogen-bond donors (Lipinski definition) is 0. The third-order valence-electron chi connectivity index (χ3n) is 3.86. The lowest BCUT2D eigenvalue weighted by atomic mass is 9.90. The molecule has 0 aromatic carbocycles. The molecule has 17 heavy (non-hydrogen) atoms.